The van der Waals surface area contributed by atoms with Gasteiger partial charge in [0, 0.05) is 35.0 Å². The summed E-state index contributed by atoms with van der Waals surface area (Å²) in [5.74, 6) is 0. The van der Waals surface area contributed by atoms with Crippen LogP contribution in [0.15, 0.2) is 16.9 Å². The highest BCUT2D eigenvalue weighted by atomic mass is 79.9. The van der Waals surface area contributed by atoms with E-state index in [0.29, 0.717) is 23.1 Å². The summed E-state index contributed by atoms with van der Waals surface area (Å²) in [7, 11) is -0.886. The summed E-state index contributed by atoms with van der Waals surface area (Å²) in [6, 6.07) is 0. The van der Waals surface area contributed by atoms with Gasteiger partial charge in [0.25, 0.3) is 0 Å². The molecule has 0 aliphatic rings. The molecule has 0 fully saturated rings. The van der Waals surface area contributed by atoms with Crippen LogP contribution in [-0.4, -0.2) is 32.2 Å². The van der Waals surface area contributed by atoms with Gasteiger partial charge in [-0.2, -0.15) is 0 Å². The van der Waals surface area contributed by atoms with Crippen LogP contribution in [0.1, 0.15) is 13.3 Å². The van der Waals surface area contributed by atoms with E-state index in [1.54, 1.807) is 6.26 Å². The zero-order valence-electron chi connectivity index (χ0n) is 10.1. The minimum absolute atomic E-state index is 0.0529. The first-order chi connectivity index (χ1) is 8.43. The summed E-state index contributed by atoms with van der Waals surface area (Å²) in [6.07, 6.45) is 5.02. The van der Waals surface area contributed by atoms with E-state index in [0.717, 1.165) is 0 Å². The van der Waals surface area contributed by atoms with Crippen LogP contribution in [0.25, 0.3) is 0 Å². The van der Waals surface area contributed by atoms with Gasteiger partial charge in [0.1, 0.15) is 11.9 Å². The quantitative estimate of drug-likeness (QED) is 0.636. The van der Waals surface area contributed by atoms with E-state index in [2.05, 4.69) is 26.2 Å². The molecular formula is C10H14BrN3O3S. The molecule has 1 heterocycles. The fourth-order valence-electron chi connectivity index (χ4n) is 1.30. The minimum atomic E-state index is -0.886. The Morgan fingerprint density at radius 1 is 1.61 bits per heavy atom. The Balaban J connectivity index is 2.72. The fourth-order valence-corrected chi connectivity index (χ4v) is 2.22. The van der Waals surface area contributed by atoms with Gasteiger partial charge in [-0.05, 0) is 22.4 Å². The average Bonchev–Trinajstić information content (AvgIpc) is 2.30. The third-order valence-corrected chi connectivity index (χ3v) is 4.47. The summed E-state index contributed by atoms with van der Waals surface area (Å²) in [4.78, 5) is 14.1. The van der Waals surface area contributed by atoms with Gasteiger partial charge in [0.15, 0.2) is 0 Å². The van der Waals surface area contributed by atoms with Gasteiger partial charge >= 0.3 is 5.69 Å². The highest BCUT2D eigenvalue weighted by Crippen LogP contribution is 2.30. The van der Waals surface area contributed by atoms with E-state index < -0.39 is 15.7 Å². The second-order valence-corrected chi connectivity index (χ2v) is 6.45. The van der Waals surface area contributed by atoms with E-state index >= 15 is 0 Å². The van der Waals surface area contributed by atoms with Crippen LogP contribution >= 0.6 is 15.9 Å². The van der Waals surface area contributed by atoms with Crippen molar-refractivity contribution in [3.8, 4) is 0 Å². The second kappa shape index (κ2) is 6.79. The van der Waals surface area contributed by atoms with Gasteiger partial charge in [-0.15, -0.1) is 0 Å². The molecule has 1 N–H and O–H groups in total. The maximum Gasteiger partial charge on any atom is 0.311 e. The van der Waals surface area contributed by atoms with Crippen LogP contribution in [0.4, 0.5) is 11.4 Å². The Hall–Kier alpha value is -1.02. The molecule has 0 amide bonds. The molecule has 0 saturated carbocycles. The number of anilines is 1. The molecule has 0 spiro atoms. The molecule has 8 heteroatoms. The first kappa shape index (κ1) is 15.0. The van der Waals surface area contributed by atoms with E-state index in [9.17, 15) is 14.3 Å². The average molecular weight is 336 g/mol. The predicted molar refractivity (Wildman–Crippen MR) is 75.2 cm³/mol. The molecule has 1 aromatic rings. The number of nitrogens with one attached hydrogen (secondary N) is 1. The Labute approximate surface area is 116 Å². The molecule has 100 valence electrons. The SMILES string of the molecule is CC(CCNc1c(Br)cncc1[N+](=O)[O-])S(C)=O. The molecule has 1 rings (SSSR count). The van der Waals surface area contributed by atoms with Gasteiger partial charge in [-0.3, -0.25) is 19.3 Å². The van der Waals surface area contributed by atoms with Crippen molar-refractivity contribution in [3.05, 3.63) is 27.0 Å². The topological polar surface area (TPSA) is 85.1 Å². The van der Waals surface area contributed by atoms with E-state index in [4.69, 9.17) is 0 Å². The molecule has 6 nitrogen and oxygen atoms in total. The van der Waals surface area contributed by atoms with Gasteiger partial charge in [0.2, 0.25) is 0 Å². The van der Waals surface area contributed by atoms with Crippen molar-refractivity contribution in [2.24, 2.45) is 0 Å². The van der Waals surface area contributed by atoms with Crippen molar-refractivity contribution in [2.75, 3.05) is 18.1 Å². The van der Waals surface area contributed by atoms with E-state index in [1.165, 1.54) is 12.4 Å². The molecule has 0 aliphatic heterocycles. The summed E-state index contributed by atoms with van der Waals surface area (Å²) < 4.78 is 11.7. The van der Waals surface area contributed by atoms with E-state index in [-0.39, 0.29) is 10.9 Å². The molecule has 2 unspecified atom stereocenters. The molecular weight excluding hydrogens is 322 g/mol. The number of aromatic nitrogens is 1. The smallest absolute Gasteiger partial charge is 0.311 e. The largest absolute Gasteiger partial charge is 0.378 e. The molecule has 2 atom stereocenters. The molecule has 1 aromatic heterocycles. The van der Waals surface area contributed by atoms with Crippen molar-refractivity contribution >= 4 is 38.1 Å². The lowest BCUT2D eigenvalue weighted by molar-refractivity contribution is -0.384. The van der Waals surface area contributed by atoms with Crippen molar-refractivity contribution in [2.45, 2.75) is 18.6 Å². The Morgan fingerprint density at radius 2 is 2.28 bits per heavy atom. The zero-order chi connectivity index (χ0) is 13.7. The molecule has 18 heavy (non-hydrogen) atoms. The van der Waals surface area contributed by atoms with Gasteiger partial charge in [-0.1, -0.05) is 6.92 Å². The molecule has 0 bridgehead atoms. The van der Waals surface area contributed by atoms with Crippen molar-refractivity contribution in [1.29, 1.82) is 0 Å². The van der Waals surface area contributed by atoms with Crippen molar-refractivity contribution < 1.29 is 9.13 Å². The maximum atomic E-state index is 11.2. The number of rotatable bonds is 6. The van der Waals surface area contributed by atoms with Crippen molar-refractivity contribution in [3.63, 3.8) is 0 Å². The highest BCUT2D eigenvalue weighted by molar-refractivity contribution is 9.10. The lowest BCUT2D eigenvalue weighted by Crippen LogP contribution is -2.15. The number of hydrogen-bond donors (Lipinski definition) is 1. The predicted octanol–water partition coefficient (Wildman–Crippen LogP) is 2.32. The number of hydrogen-bond acceptors (Lipinski definition) is 5. The fraction of sp³-hybridized carbons (Fsp3) is 0.500. The summed E-state index contributed by atoms with van der Waals surface area (Å²) >= 11 is 3.22. The Bertz CT molecular complexity index is 470. The van der Waals surface area contributed by atoms with Crippen LogP contribution in [0.2, 0.25) is 0 Å². The summed E-state index contributed by atoms with van der Waals surface area (Å²) in [5, 5.41) is 13.9. The summed E-state index contributed by atoms with van der Waals surface area (Å²) in [6.45, 7) is 2.40. The first-order valence-corrected chi connectivity index (χ1v) is 7.69. The second-order valence-electron chi connectivity index (χ2n) is 3.80. The standard InChI is InChI=1S/C10H14BrN3O3S/c1-7(18(2)17)3-4-13-10-8(11)5-12-6-9(10)14(15)16/h5-7H,3-4H2,1-2H3,(H,12,13). The van der Waals surface area contributed by atoms with Gasteiger partial charge < -0.3 is 5.32 Å². The Morgan fingerprint density at radius 3 is 2.83 bits per heavy atom. The third kappa shape index (κ3) is 4.02. The number of nitrogens with zero attached hydrogens (tertiary/aromatic N) is 2. The van der Waals surface area contributed by atoms with Crippen LogP contribution in [0.3, 0.4) is 0 Å². The van der Waals surface area contributed by atoms with E-state index in [1.807, 2.05) is 6.92 Å². The third-order valence-electron chi connectivity index (χ3n) is 2.50. The van der Waals surface area contributed by atoms with Crippen LogP contribution in [-0.2, 0) is 10.8 Å². The number of nitro groups is 1. The first-order valence-electron chi connectivity index (χ1n) is 5.27. The molecule has 0 aliphatic carbocycles. The maximum absolute atomic E-state index is 11.2. The number of pyridine rings is 1. The summed E-state index contributed by atoms with van der Waals surface area (Å²) in [5.41, 5.74) is 0.332. The van der Waals surface area contributed by atoms with Crippen LogP contribution < -0.4 is 5.32 Å². The highest BCUT2D eigenvalue weighted by Gasteiger charge is 2.17. The normalized spacial score (nSPS) is 13.9. The molecule has 0 aromatic carbocycles. The van der Waals surface area contributed by atoms with Gasteiger partial charge in [-0.25, -0.2) is 0 Å². The molecule has 0 saturated heterocycles. The lowest BCUT2D eigenvalue weighted by Gasteiger charge is -2.11. The lowest BCUT2D eigenvalue weighted by atomic mass is 10.3. The number of halogens is 1. The van der Waals surface area contributed by atoms with Gasteiger partial charge in [0.05, 0.1) is 9.40 Å². The zero-order valence-corrected chi connectivity index (χ0v) is 12.5. The minimum Gasteiger partial charge on any atom is -0.378 e. The van der Waals surface area contributed by atoms with Crippen LogP contribution in [0, 0.1) is 10.1 Å². The monoisotopic (exact) mass is 335 g/mol. The van der Waals surface area contributed by atoms with Crippen molar-refractivity contribution in [1.82, 2.24) is 4.98 Å². The van der Waals surface area contributed by atoms with Crippen LogP contribution in [0.5, 0.6) is 0 Å². The molecule has 0 radical (unpaired) electrons. The Kier molecular flexibility index (Phi) is 5.67.